The lowest BCUT2D eigenvalue weighted by molar-refractivity contribution is -0.384. The normalized spacial score (nSPS) is 12.3. The van der Waals surface area contributed by atoms with Gasteiger partial charge in [-0.25, -0.2) is 0 Å². The molecule has 2 aromatic rings. The maximum absolute atomic E-state index is 11.1. The Balaban J connectivity index is 2.29. The topological polar surface area (TPSA) is 81.0 Å². The lowest BCUT2D eigenvalue weighted by atomic mass is 10.2. The Kier molecular flexibility index (Phi) is 5.35. The largest absolute Gasteiger partial charge is 0.308 e. The van der Waals surface area contributed by atoms with E-state index in [2.05, 4.69) is 29.4 Å². The third kappa shape index (κ3) is 3.62. The Labute approximate surface area is 127 Å². The first-order valence-electron chi connectivity index (χ1n) is 6.97. The summed E-state index contributed by atoms with van der Waals surface area (Å²) in [7, 11) is 0. The number of hydrogen-bond donors (Lipinski definition) is 1. The first kappa shape index (κ1) is 15.5. The van der Waals surface area contributed by atoms with Crippen molar-refractivity contribution in [2.75, 3.05) is 6.54 Å². The van der Waals surface area contributed by atoms with Gasteiger partial charge in [0.1, 0.15) is 5.01 Å². The van der Waals surface area contributed by atoms with E-state index in [-0.39, 0.29) is 16.7 Å². The maximum atomic E-state index is 11.1. The van der Waals surface area contributed by atoms with Crippen LogP contribution in [0.15, 0.2) is 24.3 Å². The second-order valence-electron chi connectivity index (χ2n) is 4.63. The molecule has 0 spiro atoms. The molecule has 112 valence electrons. The molecule has 1 aromatic heterocycles. The molecule has 0 saturated heterocycles. The lowest BCUT2D eigenvalue weighted by Crippen LogP contribution is -2.21. The Bertz CT molecular complexity index is 615. The van der Waals surface area contributed by atoms with E-state index in [4.69, 9.17) is 0 Å². The minimum atomic E-state index is -0.386. The number of nitrogens with one attached hydrogen (secondary N) is 1. The molecule has 0 saturated carbocycles. The predicted octanol–water partition coefficient (Wildman–Crippen LogP) is 3.56. The molecule has 0 fully saturated rings. The summed E-state index contributed by atoms with van der Waals surface area (Å²) in [5.41, 5.74) is 0.589. The molecule has 6 nitrogen and oxygen atoms in total. The van der Waals surface area contributed by atoms with Gasteiger partial charge in [0.25, 0.3) is 5.69 Å². The van der Waals surface area contributed by atoms with Crippen LogP contribution in [0, 0.1) is 10.1 Å². The van der Waals surface area contributed by atoms with Gasteiger partial charge in [0.05, 0.1) is 16.5 Å². The SMILES string of the molecule is CCCNC(CC)c1nnc(-c2ccccc2[N+](=O)[O-])s1. The van der Waals surface area contributed by atoms with Crippen LogP contribution in [0.2, 0.25) is 0 Å². The van der Waals surface area contributed by atoms with Gasteiger partial charge in [0.2, 0.25) is 0 Å². The highest BCUT2D eigenvalue weighted by Crippen LogP contribution is 2.33. The van der Waals surface area contributed by atoms with Crippen LogP contribution < -0.4 is 5.32 Å². The number of aromatic nitrogens is 2. The summed E-state index contributed by atoms with van der Waals surface area (Å²) < 4.78 is 0. The van der Waals surface area contributed by atoms with Gasteiger partial charge in [-0.3, -0.25) is 10.1 Å². The molecule has 0 aliphatic carbocycles. The monoisotopic (exact) mass is 306 g/mol. The second-order valence-corrected chi connectivity index (χ2v) is 5.64. The van der Waals surface area contributed by atoms with Crippen LogP contribution in [0.3, 0.4) is 0 Å². The van der Waals surface area contributed by atoms with E-state index in [0.29, 0.717) is 10.6 Å². The lowest BCUT2D eigenvalue weighted by Gasteiger charge is -2.12. The Morgan fingerprint density at radius 1 is 1.33 bits per heavy atom. The van der Waals surface area contributed by atoms with E-state index in [1.54, 1.807) is 18.2 Å². The molecular formula is C14H18N4O2S. The highest BCUT2D eigenvalue weighted by atomic mass is 32.1. The van der Waals surface area contributed by atoms with Crippen LogP contribution >= 0.6 is 11.3 Å². The van der Waals surface area contributed by atoms with E-state index in [9.17, 15) is 10.1 Å². The minimum Gasteiger partial charge on any atom is -0.308 e. The molecule has 7 heteroatoms. The van der Waals surface area contributed by atoms with Gasteiger partial charge < -0.3 is 5.32 Å². The van der Waals surface area contributed by atoms with E-state index < -0.39 is 0 Å². The summed E-state index contributed by atoms with van der Waals surface area (Å²) in [4.78, 5) is 10.7. The van der Waals surface area contributed by atoms with E-state index in [1.807, 2.05) is 0 Å². The van der Waals surface area contributed by atoms with Crippen molar-refractivity contribution in [3.63, 3.8) is 0 Å². The number of hydrogen-bond acceptors (Lipinski definition) is 6. The van der Waals surface area contributed by atoms with Crippen molar-refractivity contribution in [1.82, 2.24) is 15.5 Å². The quantitative estimate of drug-likeness (QED) is 0.625. The zero-order chi connectivity index (χ0) is 15.2. The summed E-state index contributed by atoms with van der Waals surface area (Å²) in [5, 5.41) is 24.3. The molecule has 0 aliphatic heterocycles. The maximum Gasteiger partial charge on any atom is 0.279 e. The second kappa shape index (κ2) is 7.24. The van der Waals surface area contributed by atoms with Crippen LogP contribution in [0.4, 0.5) is 5.69 Å². The van der Waals surface area contributed by atoms with Crippen molar-refractivity contribution in [1.29, 1.82) is 0 Å². The molecule has 1 atom stereocenters. The third-order valence-corrected chi connectivity index (χ3v) is 4.19. The van der Waals surface area contributed by atoms with Gasteiger partial charge in [-0.05, 0) is 25.5 Å². The standard InChI is InChI=1S/C14H18N4O2S/c1-3-9-15-11(4-2)14-17-16-13(21-14)10-7-5-6-8-12(10)18(19)20/h5-8,11,15H,3-4,9H2,1-2H3. The first-order valence-corrected chi connectivity index (χ1v) is 7.79. The molecule has 1 N–H and O–H groups in total. The van der Waals surface area contributed by atoms with Crippen LogP contribution in [0.25, 0.3) is 10.6 Å². The van der Waals surface area contributed by atoms with Crippen molar-refractivity contribution < 1.29 is 4.92 Å². The van der Waals surface area contributed by atoms with Gasteiger partial charge in [-0.15, -0.1) is 10.2 Å². The number of rotatable bonds is 7. The number of nitrogens with zero attached hydrogens (tertiary/aromatic N) is 3. The van der Waals surface area contributed by atoms with Gasteiger partial charge in [0, 0.05) is 6.07 Å². The predicted molar refractivity (Wildman–Crippen MR) is 83.3 cm³/mol. The van der Waals surface area contributed by atoms with Crippen LogP contribution in [0.1, 0.15) is 37.7 Å². The number of nitro benzene ring substituents is 1. The molecule has 0 radical (unpaired) electrons. The fraction of sp³-hybridized carbons (Fsp3) is 0.429. The van der Waals surface area contributed by atoms with Crippen LogP contribution in [0.5, 0.6) is 0 Å². The zero-order valence-electron chi connectivity index (χ0n) is 12.1. The Morgan fingerprint density at radius 3 is 2.76 bits per heavy atom. The van der Waals surface area contributed by atoms with E-state index >= 15 is 0 Å². The molecule has 1 aromatic carbocycles. The van der Waals surface area contributed by atoms with Gasteiger partial charge in [-0.1, -0.05) is 37.3 Å². The van der Waals surface area contributed by atoms with Gasteiger partial charge in [0.15, 0.2) is 5.01 Å². The highest BCUT2D eigenvalue weighted by Gasteiger charge is 2.20. The Morgan fingerprint density at radius 2 is 2.10 bits per heavy atom. The van der Waals surface area contributed by atoms with Crippen molar-refractivity contribution in [3.8, 4) is 10.6 Å². The molecule has 2 rings (SSSR count). The number of nitro groups is 1. The highest BCUT2D eigenvalue weighted by molar-refractivity contribution is 7.14. The molecule has 21 heavy (non-hydrogen) atoms. The molecule has 0 amide bonds. The van der Waals surface area contributed by atoms with Gasteiger partial charge >= 0.3 is 0 Å². The van der Waals surface area contributed by atoms with Gasteiger partial charge in [-0.2, -0.15) is 0 Å². The number of benzene rings is 1. The summed E-state index contributed by atoms with van der Waals surface area (Å²) in [6, 6.07) is 6.78. The van der Waals surface area contributed by atoms with E-state index in [0.717, 1.165) is 24.4 Å². The van der Waals surface area contributed by atoms with Crippen molar-refractivity contribution in [2.24, 2.45) is 0 Å². The molecule has 1 unspecified atom stereocenters. The fourth-order valence-electron chi connectivity index (χ4n) is 2.02. The molecule has 0 bridgehead atoms. The summed E-state index contributed by atoms with van der Waals surface area (Å²) in [6.07, 6.45) is 1.96. The average molecular weight is 306 g/mol. The molecular weight excluding hydrogens is 288 g/mol. The van der Waals surface area contributed by atoms with Crippen LogP contribution in [-0.4, -0.2) is 21.7 Å². The summed E-state index contributed by atoms with van der Waals surface area (Å²) in [6.45, 7) is 5.11. The molecule has 0 aliphatic rings. The number of para-hydroxylation sites is 1. The summed E-state index contributed by atoms with van der Waals surface area (Å²) in [5.74, 6) is 0. The first-order chi connectivity index (χ1) is 10.2. The van der Waals surface area contributed by atoms with Crippen molar-refractivity contribution in [2.45, 2.75) is 32.7 Å². The zero-order valence-corrected chi connectivity index (χ0v) is 12.9. The third-order valence-electron chi connectivity index (χ3n) is 3.12. The van der Waals surface area contributed by atoms with Crippen LogP contribution in [-0.2, 0) is 0 Å². The summed E-state index contributed by atoms with van der Waals surface area (Å²) >= 11 is 1.41. The molecule has 1 heterocycles. The van der Waals surface area contributed by atoms with Crippen molar-refractivity contribution >= 4 is 17.0 Å². The minimum absolute atomic E-state index is 0.0646. The smallest absolute Gasteiger partial charge is 0.279 e. The van der Waals surface area contributed by atoms with E-state index in [1.165, 1.54) is 17.4 Å². The van der Waals surface area contributed by atoms with Crippen molar-refractivity contribution in [3.05, 3.63) is 39.4 Å². The Hall–Kier alpha value is -1.86. The average Bonchev–Trinajstić information content (AvgIpc) is 2.97. The fourth-order valence-corrected chi connectivity index (χ4v) is 3.06.